The summed E-state index contributed by atoms with van der Waals surface area (Å²) in [7, 11) is 2.13. The largest absolute Gasteiger partial charge is 0.505 e. The summed E-state index contributed by atoms with van der Waals surface area (Å²) < 4.78 is 25.3. The number of aromatic hydroxyl groups is 1. The lowest BCUT2D eigenvalue weighted by molar-refractivity contribution is -0.113. The number of ether oxygens (including phenoxy) is 2. The van der Waals surface area contributed by atoms with E-state index in [-0.39, 0.29) is 18.3 Å². The summed E-state index contributed by atoms with van der Waals surface area (Å²) in [6, 6.07) is 19.3. The Labute approximate surface area is 205 Å². The van der Waals surface area contributed by atoms with Crippen LogP contribution in [0, 0.1) is 5.82 Å². The highest BCUT2D eigenvalue weighted by molar-refractivity contribution is 5.95. The number of phenols is 1. The van der Waals surface area contributed by atoms with Crippen LogP contribution in [0.3, 0.4) is 0 Å². The number of benzene rings is 3. The molecule has 0 bridgehead atoms. The summed E-state index contributed by atoms with van der Waals surface area (Å²) in [6.45, 7) is 2.45. The van der Waals surface area contributed by atoms with Gasteiger partial charge in [-0.15, -0.1) is 0 Å². The van der Waals surface area contributed by atoms with Crippen molar-refractivity contribution in [3.63, 3.8) is 0 Å². The Morgan fingerprint density at radius 1 is 1.03 bits per heavy atom. The molecule has 4 rings (SSSR count). The number of carbonyl (C=O) groups is 1. The maximum atomic E-state index is 13.2. The predicted molar refractivity (Wildman–Crippen MR) is 134 cm³/mol. The van der Waals surface area contributed by atoms with E-state index in [1.54, 1.807) is 6.08 Å². The van der Waals surface area contributed by atoms with Crippen LogP contribution in [0.15, 0.2) is 72.8 Å². The highest BCUT2D eigenvalue weighted by Gasteiger charge is 2.18. The minimum atomic E-state index is -0.693. The number of phenolic OH excluding ortho intramolecular Hbond substituents is 1. The van der Waals surface area contributed by atoms with Crippen molar-refractivity contribution in [3.8, 4) is 17.2 Å². The zero-order chi connectivity index (χ0) is 24.6. The molecule has 1 fully saturated rings. The summed E-state index contributed by atoms with van der Waals surface area (Å²) in [5, 5.41) is 9.47. The zero-order valence-corrected chi connectivity index (χ0v) is 19.8. The smallest absolute Gasteiger partial charge is 0.164 e. The fraction of sp³-hybridized carbons (Fsp3) is 0.276. The fourth-order valence-corrected chi connectivity index (χ4v) is 4.01. The molecule has 0 unspecified atom stereocenters. The number of hydrogen-bond acceptors (Lipinski definition) is 5. The van der Waals surface area contributed by atoms with Gasteiger partial charge in [0.15, 0.2) is 17.3 Å². The molecule has 0 aliphatic carbocycles. The molecule has 0 saturated carbocycles. The maximum Gasteiger partial charge on any atom is 0.164 e. The number of allylic oxidation sites excluding steroid dienone is 1. The Morgan fingerprint density at radius 3 is 2.43 bits per heavy atom. The standard InChI is InChI=1S/C29H30FNO4/c1-31-16-14-27(15-17-31)35-26-11-9-25(10-12-26)34-20-23-5-3-2-4-22(23)19-24(32)8-6-21-7-13-28(30)29(33)18-21/h2-13,18,27,33H,14-17,19-20H2,1H3/b8-6+. The van der Waals surface area contributed by atoms with Gasteiger partial charge in [0.2, 0.25) is 0 Å². The lowest BCUT2D eigenvalue weighted by Crippen LogP contribution is -2.35. The molecule has 0 atom stereocenters. The van der Waals surface area contributed by atoms with Gasteiger partial charge in [-0.05, 0) is 79.1 Å². The Kier molecular flexibility index (Phi) is 8.16. The number of rotatable bonds is 9. The second-order valence-corrected chi connectivity index (χ2v) is 8.84. The molecular weight excluding hydrogens is 445 g/mol. The molecule has 1 heterocycles. The van der Waals surface area contributed by atoms with Gasteiger partial charge >= 0.3 is 0 Å². The number of likely N-dealkylation sites (tertiary alicyclic amines) is 1. The third-order valence-corrected chi connectivity index (χ3v) is 6.10. The van der Waals surface area contributed by atoms with Gasteiger partial charge in [0.1, 0.15) is 24.2 Å². The van der Waals surface area contributed by atoms with Crippen LogP contribution in [0.5, 0.6) is 17.2 Å². The third kappa shape index (κ3) is 7.17. The minimum Gasteiger partial charge on any atom is -0.505 e. The topological polar surface area (TPSA) is 59.0 Å². The van der Waals surface area contributed by atoms with E-state index >= 15 is 0 Å². The molecule has 0 amide bonds. The van der Waals surface area contributed by atoms with Gasteiger partial charge in [-0.25, -0.2) is 4.39 Å². The van der Waals surface area contributed by atoms with Crippen molar-refractivity contribution in [2.45, 2.75) is 32.0 Å². The zero-order valence-electron chi connectivity index (χ0n) is 19.8. The van der Waals surface area contributed by atoms with Gasteiger partial charge in [-0.3, -0.25) is 4.79 Å². The average Bonchev–Trinajstić information content (AvgIpc) is 2.86. The van der Waals surface area contributed by atoms with Crippen LogP contribution >= 0.6 is 0 Å². The number of halogens is 1. The van der Waals surface area contributed by atoms with Gasteiger partial charge in [-0.1, -0.05) is 36.4 Å². The van der Waals surface area contributed by atoms with Crippen LogP contribution in [-0.2, 0) is 17.8 Å². The van der Waals surface area contributed by atoms with Crippen molar-refractivity contribution >= 4 is 11.9 Å². The van der Waals surface area contributed by atoms with Crippen molar-refractivity contribution in [1.82, 2.24) is 4.90 Å². The van der Waals surface area contributed by atoms with E-state index in [2.05, 4.69) is 11.9 Å². The summed E-state index contributed by atoms with van der Waals surface area (Å²) in [6.07, 6.45) is 5.54. The predicted octanol–water partition coefficient (Wildman–Crippen LogP) is 5.41. The normalized spacial score (nSPS) is 14.8. The quantitative estimate of drug-likeness (QED) is 0.420. The molecule has 0 aromatic heterocycles. The summed E-state index contributed by atoms with van der Waals surface area (Å²) in [4.78, 5) is 14.8. The van der Waals surface area contributed by atoms with Crippen molar-refractivity contribution in [3.05, 3.63) is 95.3 Å². The molecule has 3 aromatic rings. The highest BCUT2D eigenvalue weighted by Crippen LogP contribution is 2.23. The molecular formula is C29H30FNO4. The van der Waals surface area contributed by atoms with E-state index in [1.807, 2.05) is 48.5 Å². The molecule has 0 spiro atoms. The monoisotopic (exact) mass is 475 g/mol. The third-order valence-electron chi connectivity index (χ3n) is 6.10. The number of nitrogens with zero attached hydrogens (tertiary/aromatic N) is 1. The molecule has 5 nitrogen and oxygen atoms in total. The van der Waals surface area contributed by atoms with Crippen molar-refractivity contribution in [2.75, 3.05) is 20.1 Å². The molecule has 3 aromatic carbocycles. The Hall–Kier alpha value is -3.64. The lowest BCUT2D eigenvalue weighted by Gasteiger charge is -2.29. The molecule has 1 saturated heterocycles. The van der Waals surface area contributed by atoms with E-state index in [1.165, 1.54) is 24.3 Å². The fourth-order valence-electron chi connectivity index (χ4n) is 4.01. The van der Waals surface area contributed by atoms with Gasteiger partial charge in [-0.2, -0.15) is 0 Å². The first-order valence-electron chi connectivity index (χ1n) is 11.8. The van der Waals surface area contributed by atoms with E-state index in [4.69, 9.17) is 9.47 Å². The van der Waals surface area contributed by atoms with Crippen LogP contribution in [0.2, 0.25) is 0 Å². The number of piperidine rings is 1. The van der Waals surface area contributed by atoms with Crippen LogP contribution < -0.4 is 9.47 Å². The molecule has 6 heteroatoms. The van der Waals surface area contributed by atoms with Gasteiger partial charge in [0, 0.05) is 19.5 Å². The number of ketones is 1. The van der Waals surface area contributed by atoms with E-state index in [0.29, 0.717) is 12.2 Å². The molecule has 1 aliphatic heterocycles. The molecule has 1 N–H and O–H groups in total. The first-order valence-corrected chi connectivity index (χ1v) is 11.8. The molecule has 35 heavy (non-hydrogen) atoms. The van der Waals surface area contributed by atoms with E-state index in [9.17, 15) is 14.3 Å². The Balaban J connectivity index is 1.31. The molecule has 182 valence electrons. The summed E-state index contributed by atoms with van der Waals surface area (Å²) in [5.41, 5.74) is 2.36. The average molecular weight is 476 g/mol. The second-order valence-electron chi connectivity index (χ2n) is 8.84. The summed E-state index contributed by atoms with van der Waals surface area (Å²) >= 11 is 0. The molecule has 1 aliphatic rings. The maximum absolute atomic E-state index is 13.2. The van der Waals surface area contributed by atoms with Crippen LogP contribution in [-0.4, -0.2) is 42.0 Å². The highest BCUT2D eigenvalue weighted by atomic mass is 19.1. The Morgan fingerprint density at radius 2 is 1.71 bits per heavy atom. The van der Waals surface area contributed by atoms with Crippen molar-refractivity contribution in [2.24, 2.45) is 0 Å². The second kappa shape index (κ2) is 11.7. The van der Waals surface area contributed by atoms with Gasteiger partial charge < -0.3 is 19.5 Å². The van der Waals surface area contributed by atoms with Crippen molar-refractivity contribution < 1.29 is 23.8 Å². The van der Waals surface area contributed by atoms with E-state index < -0.39 is 11.6 Å². The number of hydrogen-bond donors (Lipinski definition) is 1. The lowest BCUT2D eigenvalue weighted by atomic mass is 10.0. The van der Waals surface area contributed by atoms with Crippen LogP contribution in [0.1, 0.15) is 29.5 Å². The van der Waals surface area contributed by atoms with E-state index in [0.717, 1.165) is 48.6 Å². The minimum absolute atomic E-state index is 0.100. The van der Waals surface area contributed by atoms with Gasteiger partial charge in [0.05, 0.1) is 0 Å². The number of carbonyl (C=O) groups excluding carboxylic acids is 1. The van der Waals surface area contributed by atoms with Crippen LogP contribution in [0.25, 0.3) is 6.08 Å². The molecule has 0 radical (unpaired) electrons. The first-order chi connectivity index (χ1) is 17.0. The van der Waals surface area contributed by atoms with Gasteiger partial charge in [0.25, 0.3) is 0 Å². The van der Waals surface area contributed by atoms with Crippen molar-refractivity contribution in [1.29, 1.82) is 0 Å². The van der Waals surface area contributed by atoms with Crippen LogP contribution in [0.4, 0.5) is 4.39 Å². The first kappa shape index (κ1) is 24.5. The summed E-state index contributed by atoms with van der Waals surface area (Å²) in [5.74, 6) is 0.346. The Bertz CT molecular complexity index is 1170. The SMILES string of the molecule is CN1CCC(Oc2ccc(OCc3ccccc3CC(=O)/C=C/c3ccc(F)c(O)c3)cc2)CC1.